The summed E-state index contributed by atoms with van der Waals surface area (Å²) in [5.74, 6) is 1.27. The van der Waals surface area contributed by atoms with Crippen LogP contribution in [0, 0.1) is 5.92 Å². The highest BCUT2D eigenvalue weighted by Gasteiger charge is 2.24. The summed E-state index contributed by atoms with van der Waals surface area (Å²) in [6.07, 6.45) is 1.95. The predicted octanol–water partition coefficient (Wildman–Crippen LogP) is 1.83. The maximum absolute atomic E-state index is 9.42. The molecular formula is C13H19NO3. The number of phenolic OH excluding ortho intramolecular Hbond substituents is 1. The van der Waals surface area contributed by atoms with Gasteiger partial charge >= 0.3 is 0 Å². The summed E-state index contributed by atoms with van der Waals surface area (Å²) in [4.78, 5) is 0. The molecule has 0 saturated carbocycles. The largest absolute Gasteiger partial charge is 0.508 e. The molecule has 94 valence electrons. The second-order valence-corrected chi connectivity index (χ2v) is 4.40. The van der Waals surface area contributed by atoms with Crippen LogP contribution in [0.15, 0.2) is 18.2 Å². The number of ether oxygens (including phenoxy) is 2. The van der Waals surface area contributed by atoms with E-state index in [4.69, 9.17) is 15.2 Å². The molecule has 1 aliphatic heterocycles. The maximum atomic E-state index is 9.42. The van der Waals surface area contributed by atoms with Gasteiger partial charge in [0.2, 0.25) is 0 Å². The van der Waals surface area contributed by atoms with E-state index in [2.05, 4.69) is 0 Å². The minimum Gasteiger partial charge on any atom is -0.508 e. The fraction of sp³-hybridized carbons (Fsp3) is 0.538. The van der Waals surface area contributed by atoms with Crippen LogP contribution in [0.4, 0.5) is 0 Å². The molecule has 1 aromatic carbocycles. The molecule has 1 saturated heterocycles. The van der Waals surface area contributed by atoms with Crippen molar-refractivity contribution in [1.29, 1.82) is 0 Å². The Morgan fingerprint density at radius 2 is 2.12 bits per heavy atom. The van der Waals surface area contributed by atoms with E-state index < -0.39 is 0 Å². The Morgan fingerprint density at radius 3 is 2.76 bits per heavy atom. The van der Waals surface area contributed by atoms with Crippen LogP contribution >= 0.6 is 0 Å². The summed E-state index contributed by atoms with van der Waals surface area (Å²) in [6, 6.07) is 5.04. The zero-order chi connectivity index (χ0) is 12.3. The summed E-state index contributed by atoms with van der Waals surface area (Å²) in [5.41, 5.74) is 7.23. The second-order valence-electron chi connectivity index (χ2n) is 4.40. The van der Waals surface area contributed by atoms with Crippen LogP contribution in [0.3, 0.4) is 0 Å². The van der Waals surface area contributed by atoms with Gasteiger partial charge in [-0.15, -0.1) is 0 Å². The highest BCUT2D eigenvalue weighted by atomic mass is 16.5. The summed E-state index contributed by atoms with van der Waals surface area (Å²) < 4.78 is 10.6. The van der Waals surface area contributed by atoms with Crippen LogP contribution in [0.1, 0.15) is 24.4 Å². The van der Waals surface area contributed by atoms with Crippen molar-refractivity contribution in [2.24, 2.45) is 11.7 Å². The van der Waals surface area contributed by atoms with Crippen molar-refractivity contribution in [3.63, 3.8) is 0 Å². The van der Waals surface area contributed by atoms with E-state index in [9.17, 15) is 5.11 Å². The molecule has 4 heteroatoms. The molecule has 3 N–H and O–H groups in total. The number of methoxy groups -OCH3 is 1. The summed E-state index contributed by atoms with van der Waals surface area (Å²) in [5, 5.41) is 9.42. The normalized spacial score (nSPS) is 18.9. The van der Waals surface area contributed by atoms with E-state index in [0.717, 1.165) is 31.6 Å². The van der Waals surface area contributed by atoms with E-state index in [1.54, 1.807) is 19.2 Å². The molecule has 1 aliphatic rings. The Bertz CT molecular complexity index is 375. The van der Waals surface area contributed by atoms with Crippen molar-refractivity contribution >= 4 is 0 Å². The molecule has 17 heavy (non-hydrogen) atoms. The van der Waals surface area contributed by atoms with Crippen molar-refractivity contribution in [1.82, 2.24) is 0 Å². The van der Waals surface area contributed by atoms with Crippen LogP contribution in [-0.2, 0) is 4.74 Å². The number of hydrogen-bond donors (Lipinski definition) is 2. The molecule has 0 amide bonds. The van der Waals surface area contributed by atoms with Crippen LogP contribution < -0.4 is 10.5 Å². The third-order valence-corrected chi connectivity index (χ3v) is 3.35. The number of aromatic hydroxyl groups is 1. The van der Waals surface area contributed by atoms with E-state index in [1.165, 1.54) is 0 Å². The van der Waals surface area contributed by atoms with E-state index in [1.807, 2.05) is 6.07 Å². The molecule has 0 spiro atoms. The zero-order valence-electron chi connectivity index (χ0n) is 10.1. The van der Waals surface area contributed by atoms with Gasteiger partial charge in [-0.3, -0.25) is 0 Å². The molecule has 0 unspecified atom stereocenters. The fourth-order valence-corrected chi connectivity index (χ4v) is 2.30. The summed E-state index contributed by atoms with van der Waals surface area (Å²) in [7, 11) is 1.59. The highest BCUT2D eigenvalue weighted by Crippen LogP contribution is 2.34. The SMILES string of the molecule is COc1cc(O)ccc1[C@@H](N)C1CCOCC1. The zero-order valence-corrected chi connectivity index (χ0v) is 10.1. The second kappa shape index (κ2) is 5.38. The van der Waals surface area contributed by atoms with E-state index in [-0.39, 0.29) is 11.8 Å². The van der Waals surface area contributed by atoms with E-state index in [0.29, 0.717) is 11.7 Å². The van der Waals surface area contributed by atoms with Gasteiger partial charge in [-0.25, -0.2) is 0 Å². The molecule has 0 radical (unpaired) electrons. The smallest absolute Gasteiger partial charge is 0.127 e. The third-order valence-electron chi connectivity index (χ3n) is 3.35. The van der Waals surface area contributed by atoms with Gasteiger partial charge in [0, 0.05) is 30.9 Å². The van der Waals surface area contributed by atoms with Gasteiger partial charge in [0.05, 0.1) is 7.11 Å². The molecule has 1 fully saturated rings. The van der Waals surface area contributed by atoms with Gasteiger partial charge in [0.15, 0.2) is 0 Å². The molecule has 2 rings (SSSR count). The first-order valence-electron chi connectivity index (χ1n) is 5.92. The number of nitrogens with two attached hydrogens (primary N) is 1. The highest BCUT2D eigenvalue weighted by molar-refractivity contribution is 5.42. The Balaban J connectivity index is 2.19. The lowest BCUT2D eigenvalue weighted by molar-refractivity contribution is 0.0581. The van der Waals surface area contributed by atoms with Crippen LogP contribution in [-0.4, -0.2) is 25.4 Å². The lowest BCUT2D eigenvalue weighted by Crippen LogP contribution is -2.27. The number of rotatable bonds is 3. The lowest BCUT2D eigenvalue weighted by Gasteiger charge is -2.28. The number of benzene rings is 1. The van der Waals surface area contributed by atoms with Crippen molar-refractivity contribution in [3.05, 3.63) is 23.8 Å². The fourth-order valence-electron chi connectivity index (χ4n) is 2.30. The van der Waals surface area contributed by atoms with Crippen LogP contribution in [0.2, 0.25) is 0 Å². The minimum atomic E-state index is -0.0607. The molecule has 0 bridgehead atoms. The number of hydrogen-bond acceptors (Lipinski definition) is 4. The maximum Gasteiger partial charge on any atom is 0.127 e. The average Bonchev–Trinajstić information content (AvgIpc) is 2.39. The molecule has 0 aromatic heterocycles. The summed E-state index contributed by atoms with van der Waals surface area (Å²) >= 11 is 0. The molecular weight excluding hydrogens is 218 g/mol. The first-order valence-corrected chi connectivity index (χ1v) is 5.92. The number of phenols is 1. The van der Waals surface area contributed by atoms with E-state index >= 15 is 0 Å². The van der Waals surface area contributed by atoms with Crippen molar-refractivity contribution < 1.29 is 14.6 Å². The minimum absolute atomic E-state index is 0.0607. The first kappa shape index (κ1) is 12.2. The molecule has 1 atom stereocenters. The Kier molecular flexibility index (Phi) is 3.86. The van der Waals surface area contributed by atoms with Crippen molar-refractivity contribution in [3.8, 4) is 11.5 Å². The Morgan fingerprint density at radius 1 is 1.41 bits per heavy atom. The molecule has 0 aliphatic carbocycles. The first-order chi connectivity index (χ1) is 8.22. The lowest BCUT2D eigenvalue weighted by atomic mass is 9.87. The van der Waals surface area contributed by atoms with Gasteiger partial charge in [-0.05, 0) is 24.8 Å². The predicted molar refractivity (Wildman–Crippen MR) is 65.1 cm³/mol. The van der Waals surface area contributed by atoms with Gasteiger partial charge in [0.1, 0.15) is 11.5 Å². The quantitative estimate of drug-likeness (QED) is 0.841. The van der Waals surface area contributed by atoms with Gasteiger partial charge in [-0.2, -0.15) is 0 Å². The van der Waals surface area contributed by atoms with Gasteiger partial charge < -0.3 is 20.3 Å². The third kappa shape index (κ3) is 2.70. The van der Waals surface area contributed by atoms with Crippen LogP contribution in [0.5, 0.6) is 11.5 Å². The Labute approximate surface area is 101 Å². The average molecular weight is 237 g/mol. The Hall–Kier alpha value is -1.26. The van der Waals surface area contributed by atoms with Gasteiger partial charge in [0.25, 0.3) is 0 Å². The topological polar surface area (TPSA) is 64.7 Å². The standard InChI is InChI=1S/C13H19NO3/c1-16-12-8-10(15)2-3-11(12)13(14)9-4-6-17-7-5-9/h2-3,8-9,13,15H,4-7,14H2,1H3/t13-/m0/s1. The monoisotopic (exact) mass is 237 g/mol. The molecule has 1 heterocycles. The van der Waals surface area contributed by atoms with Crippen molar-refractivity contribution in [2.75, 3.05) is 20.3 Å². The van der Waals surface area contributed by atoms with Crippen LogP contribution in [0.25, 0.3) is 0 Å². The molecule has 1 aromatic rings. The van der Waals surface area contributed by atoms with Crippen molar-refractivity contribution in [2.45, 2.75) is 18.9 Å². The molecule has 4 nitrogen and oxygen atoms in total. The van der Waals surface area contributed by atoms with Gasteiger partial charge in [-0.1, -0.05) is 6.07 Å². The summed E-state index contributed by atoms with van der Waals surface area (Å²) in [6.45, 7) is 1.55.